The van der Waals surface area contributed by atoms with E-state index in [0.717, 1.165) is 17.5 Å². The number of nitrogens with zero attached hydrogens (tertiary/aromatic N) is 2. The van der Waals surface area contributed by atoms with Crippen molar-refractivity contribution in [3.05, 3.63) is 71.0 Å². The molecule has 1 saturated carbocycles. The first-order chi connectivity index (χ1) is 13.7. The van der Waals surface area contributed by atoms with Crippen LogP contribution >= 0.6 is 0 Å². The molecule has 2 aliphatic rings. The molecule has 0 unspecified atom stereocenters. The number of hydrogen-bond donors (Lipinski definition) is 2. The molecule has 2 aromatic carbocycles. The maximum Gasteiger partial charge on any atom is 0.254 e. The normalized spacial score (nSPS) is 16.5. The fourth-order valence-corrected chi connectivity index (χ4v) is 4.18. The Balaban J connectivity index is 1.39. The number of carbonyl (C=O) groups excluding carboxylic acids is 1. The molecule has 5 rings (SSSR count). The number of rotatable bonds is 3. The van der Waals surface area contributed by atoms with Gasteiger partial charge in [-0.05, 0) is 48.2 Å². The van der Waals surface area contributed by atoms with Crippen molar-refractivity contribution in [2.45, 2.75) is 38.1 Å². The van der Waals surface area contributed by atoms with Crippen molar-refractivity contribution >= 4 is 5.91 Å². The number of phenolic OH excluding ortho intramolecular Hbond substituents is 1. The lowest BCUT2D eigenvalue weighted by atomic mass is 9.80. The van der Waals surface area contributed by atoms with Crippen molar-refractivity contribution in [1.29, 1.82) is 0 Å². The molecule has 142 valence electrons. The Morgan fingerprint density at radius 3 is 2.68 bits per heavy atom. The van der Waals surface area contributed by atoms with Crippen LogP contribution in [0, 0.1) is 0 Å². The number of phenols is 1. The number of fused-ring (bicyclic) bond motifs is 1. The smallest absolute Gasteiger partial charge is 0.254 e. The summed E-state index contributed by atoms with van der Waals surface area (Å²) in [6.45, 7) is 1.35. The SMILES string of the molecule is O=C(c1cccc(-c2ccc(O)cc2)c1)N1CCc2[nH]nc(C3CCC3)c2C1. The molecule has 0 bridgehead atoms. The van der Waals surface area contributed by atoms with Crippen LogP contribution in [0.4, 0.5) is 0 Å². The molecule has 2 N–H and O–H groups in total. The Bertz CT molecular complexity index is 1020. The minimum absolute atomic E-state index is 0.0621. The van der Waals surface area contributed by atoms with Gasteiger partial charge < -0.3 is 10.0 Å². The van der Waals surface area contributed by atoms with E-state index in [1.165, 1.54) is 36.2 Å². The summed E-state index contributed by atoms with van der Waals surface area (Å²) in [5.41, 5.74) is 6.26. The molecule has 1 aromatic heterocycles. The Morgan fingerprint density at radius 2 is 1.93 bits per heavy atom. The third kappa shape index (κ3) is 2.97. The second-order valence-electron chi connectivity index (χ2n) is 7.80. The van der Waals surface area contributed by atoms with Crippen molar-refractivity contribution in [3.63, 3.8) is 0 Å². The van der Waals surface area contributed by atoms with Gasteiger partial charge in [-0.25, -0.2) is 0 Å². The second kappa shape index (κ2) is 6.82. The first-order valence-corrected chi connectivity index (χ1v) is 9.94. The van der Waals surface area contributed by atoms with Crippen LogP contribution in [0.15, 0.2) is 48.5 Å². The van der Waals surface area contributed by atoms with E-state index in [0.29, 0.717) is 24.6 Å². The Morgan fingerprint density at radius 1 is 1.11 bits per heavy atom. The first kappa shape index (κ1) is 17.0. The number of carbonyl (C=O) groups is 1. The molecule has 0 spiro atoms. The van der Waals surface area contributed by atoms with Gasteiger partial charge in [0.05, 0.1) is 5.69 Å². The van der Waals surface area contributed by atoms with Crippen LogP contribution in [0.25, 0.3) is 11.1 Å². The molecular weight excluding hydrogens is 350 g/mol. The zero-order valence-corrected chi connectivity index (χ0v) is 15.7. The lowest BCUT2D eigenvalue weighted by Crippen LogP contribution is -2.36. The molecule has 2 heterocycles. The van der Waals surface area contributed by atoms with Gasteiger partial charge in [0.15, 0.2) is 0 Å². The van der Waals surface area contributed by atoms with Crippen LogP contribution in [-0.4, -0.2) is 32.7 Å². The predicted molar refractivity (Wildman–Crippen MR) is 107 cm³/mol. The molecule has 5 heteroatoms. The summed E-state index contributed by atoms with van der Waals surface area (Å²) in [7, 11) is 0. The van der Waals surface area contributed by atoms with Gasteiger partial charge >= 0.3 is 0 Å². The maximum atomic E-state index is 13.2. The molecule has 28 heavy (non-hydrogen) atoms. The van der Waals surface area contributed by atoms with Gasteiger partial charge in [-0.2, -0.15) is 5.10 Å². The van der Waals surface area contributed by atoms with Gasteiger partial charge in [0, 0.05) is 42.2 Å². The molecule has 1 aliphatic heterocycles. The second-order valence-corrected chi connectivity index (χ2v) is 7.80. The van der Waals surface area contributed by atoms with Gasteiger partial charge in [-0.15, -0.1) is 0 Å². The third-order valence-electron chi connectivity index (χ3n) is 6.05. The Hall–Kier alpha value is -3.08. The van der Waals surface area contributed by atoms with E-state index in [9.17, 15) is 9.90 Å². The number of nitrogens with one attached hydrogen (secondary N) is 1. The van der Waals surface area contributed by atoms with Crippen LogP contribution in [0.1, 0.15) is 52.5 Å². The van der Waals surface area contributed by atoms with E-state index < -0.39 is 0 Å². The number of amides is 1. The molecule has 0 saturated heterocycles. The Labute approximate surface area is 164 Å². The number of aromatic amines is 1. The number of hydrogen-bond acceptors (Lipinski definition) is 3. The number of H-pyrrole nitrogens is 1. The fourth-order valence-electron chi connectivity index (χ4n) is 4.18. The molecule has 0 radical (unpaired) electrons. The van der Waals surface area contributed by atoms with Crippen LogP contribution < -0.4 is 0 Å². The van der Waals surface area contributed by atoms with E-state index in [1.807, 2.05) is 41.3 Å². The summed E-state index contributed by atoms with van der Waals surface area (Å²) < 4.78 is 0. The minimum atomic E-state index is 0.0621. The lowest BCUT2D eigenvalue weighted by Gasteiger charge is -2.30. The highest BCUT2D eigenvalue weighted by molar-refractivity contribution is 5.95. The van der Waals surface area contributed by atoms with Crippen molar-refractivity contribution in [1.82, 2.24) is 15.1 Å². The lowest BCUT2D eigenvalue weighted by molar-refractivity contribution is 0.0733. The predicted octanol–water partition coefficient (Wildman–Crippen LogP) is 4.25. The largest absolute Gasteiger partial charge is 0.508 e. The first-order valence-electron chi connectivity index (χ1n) is 9.94. The number of aromatic hydroxyl groups is 1. The average molecular weight is 373 g/mol. The summed E-state index contributed by atoms with van der Waals surface area (Å²) in [5, 5.41) is 17.3. The van der Waals surface area contributed by atoms with Crippen LogP contribution in [0.5, 0.6) is 5.75 Å². The summed E-state index contributed by atoms with van der Waals surface area (Å²) >= 11 is 0. The number of benzene rings is 2. The highest BCUT2D eigenvalue weighted by Crippen LogP contribution is 2.39. The zero-order valence-electron chi connectivity index (χ0n) is 15.7. The summed E-state index contributed by atoms with van der Waals surface area (Å²) in [5.74, 6) is 0.863. The molecule has 3 aromatic rings. The highest BCUT2D eigenvalue weighted by Gasteiger charge is 2.31. The van der Waals surface area contributed by atoms with Crippen molar-refractivity contribution in [2.24, 2.45) is 0 Å². The monoisotopic (exact) mass is 373 g/mol. The number of aromatic nitrogens is 2. The quantitative estimate of drug-likeness (QED) is 0.721. The highest BCUT2D eigenvalue weighted by atomic mass is 16.3. The van der Waals surface area contributed by atoms with Crippen molar-refractivity contribution < 1.29 is 9.90 Å². The summed E-state index contributed by atoms with van der Waals surface area (Å²) in [4.78, 5) is 15.1. The zero-order chi connectivity index (χ0) is 19.1. The molecule has 1 fully saturated rings. The maximum absolute atomic E-state index is 13.2. The molecule has 1 aliphatic carbocycles. The van der Waals surface area contributed by atoms with E-state index in [-0.39, 0.29) is 11.7 Å². The third-order valence-corrected chi connectivity index (χ3v) is 6.05. The Kier molecular flexibility index (Phi) is 4.15. The minimum Gasteiger partial charge on any atom is -0.508 e. The molecule has 1 amide bonds. The summed E-state index contributed by atoms with van der Waals surface area (Å²) in [6, 6.07) is 14.8. The van der Waals surface area contributed by atoms with Crippen molar-refractivity contribution in [3.8, 4) is 16.9 Å². The van der Waals surface area contributed by atoms with Gasteiger partial charge in [0.2, 0.25) is 0 Å². The molecule has 5 nitrogen and oxygen atoms in total. The van der Waals surface area contributed by atoms with E-state index in [2.05, 4.69) is 10.2 Å². The molecular formula is C23H23N3O2. The topological polar surface area (TPSA) is 69.2 Å². The van der Waals surface area contributed by atoms with Crippen molar-refractivity contribution in [2.75, 3.05) is 6.54 Å². The van der Waals surface area contributed by atoms with Gasteiger partial charge in [0.1, 0.15) is 5.75 Å². The van der Waals surface area contributed by atoms with Gasteiger partial charge in [0.25, 0.3) is 5.91 Å². The van der Waals surface area contributed by atoms with Gasteiger partial charge in [-0.1, -0.05) is 30.7 Å². The fraction of sp³-hybridized carbons (Fsp3) is 0.304. The summed E-state index contributed by atoms with van der Waals surface area (Å²) in [6.07, 6.45) is 4.53. The van der Waals surface area contributed by atoms with Crippen LogP contribution in [-0.2, 0) is 13.0 Å². The average Bonchev–Trinajstić information content (AvgIpc) is 3.10. The molecule has 0 atom stereocenters. The van der Waals surface area contributed by atoms with E-state index in [4.69, 9.17) is 0 Å². The van der Waals surface area contributed by atoms with Crippen LogP contribution in [0.3, 0.4) is 0 Å². The van der Waals surface area contributed by atoms with E-state index in [1.54, 1.807) is 12.1 Å². The van der Waals surface area contributed by atoms with Gasteiger partial charge in [-0.3, -0.25) is 9.89 Å². The van der Waals surface area contributed by atoms with Crippen LogP contribution in [0.2, 0.25) is 0 Å². The van der Waals surface area contributed by atoms with E-state index >= 15 is 0 Å². The standard InChI is InChI=1S/C23H23N3O2/c27-19-9-7-15(8-10-19)17-5-2-6-18(13-17)23(28)26-12-11-21-20(14-26)22(25-24-21)16-3-1-4-16/h2,5-10,13,16,27H,1,3-4,11-12,14H2,(H,24,25).